The zero-order chi connectivity index (χ0) is 16.3. The molecule has 2 atom stereocenters. The molecule has 2 rings (SSSR count). The summed E-state index contributed by atoms with van der Waals surface area (Å²) in [6.07, 6.45) is 0. The lowest BCUT2D eigenvalue weighted by Crippen LogP contribution is -2.53. The Kier molecular flexibility index (Phi) is 5.10. The smallest absolute Gasteiger partial charge is 0.269 e. The molecule has 0 saturated carbocycles. The summed E-state index contributed by atoms with van der Waals surface area (Å²) < 4.78 is 0. The molecular formula is C15H22N4O3. The lowest BCUT2D eigenvalue weighted by Gasteiger charge is -2.35. The molecule has 0 spiro atoms. The molecule has 2 unspecified atom stereocenters. The molecule has 0 aromatic heterocycles. The van der Waals surface area contributed by atoms with Gasteiger partial charge in [-0.2, -0.15) is 0 Å². The first-order valence-electron chi connectivity index (χ1n) is 7.37. The molecule has 1 amide bonds. The number of amides is 1. The number of nitro benzene ring substituents is 1. The first-order valence-corrected chi connectivity index (χ1v) is 7.37. The molecule has 2 N–H and O–H groups in total. The van der Waals surface area contributed by atoms with Crippen molar-refractivity contribution in [2.24, 2.45) is 5.73 Å². The Hall–Kier alpha value is -1.99. The van der Waals surface area contributed by atoms with Gasteiger partial charge in [-0.05, 0) is 12.6 Å². The summed E-state index contributed by atoms with van der Waals surface area (Å²) in [5, 5.41) is 10.7. The first-order chi connectivity index (χ1) is 10.4. The highest BCUT2D eigenvalue weighted by molar-refractivity contribution is 5.83. The lowest BCUT2D eigenvalue weighted by atomic mass is 9.92. The molecular weight excluding hydrogens is 284 g/mol. The van der Waals surface area contributed by atoms with Gasteiger partial charge in [-0.15, -0.1) is 0 Å². The molecule has 0 aliphatic carbocycles. The van der Waals surface area contributed by atoms with Crippen LogP contribution in [0, 0.1) is 10.1 Å². The van der Waals surface area contributed by atoms with Gasteiger partial charge in [0.25, 0.3) is 5.69 Å². The molecule has 0 bridgehead atoms. The van der Waals surface area contributed by atoms with Crippen LogP contribution in [0.25, 0.3) is 0 Å². The quantitative estimate of drug-likeness (QED) is 0.656. The van der Waals surface area contributed by atoms with Gasteiger partial charge in [0.15, 0.2) is 0 Å². The maximum Gasteiger partial charge on any atom is 0.269 e. The van der Waals surface area contributed by atoms with Gasteiger partial charge in [-0.1, -0.05) is 19.1 Å². The highest BCUT2D eigenvalue weighted by Gasteiger charge is 2.28. The van der Waals surface area contributed by atoms with E-state index in [2.05, 4.69) is 4.90 Å². The number of benzene rings is 1. The number of nitrogens with zero attached hydrogens (tertiary/aromatic N) is 3. The predicted octanol–water partition coefficient (Wildman–Crippen LogP) is 0.800. The van der Waals surface area contributed by atoms with Crippen LogP contribution in [-0.4, -0.2) is 59.9 Å². The van der Waals surface area contributed by atoms with E-state index in [1.54, 1.807) is 17.0 Å². The average molecular weight is 306 g/mol. The van der Waals surface area contributed by atoms with Crippen molar-refractivity contribution in [2.75, 3.05) is 33.2 Å². The average Bonchev–Trinajstić information content (AvgIpc) is 2.53. The van der Waals surface area contributed by atoms with Crippen molar-refractivity contribution >= 4 is 11.6 Å². The fourth-order valence-corrected chi connectivity index (χ4v) is 2.56. The number of nitrogens with two attached hydrogens (primary N) is 1. The molecule has 7 heteroatoms. The zero-order valence-electron chi connectivity index (χ0n) is 12.9. The molecule has 1 aliphatic rings. The Morgan fingerprint density at radius 3 is 2.27 bits per heavy atom. The van der Waals surface area contributed by atoms with Gasteiger partial charge in [0.2, 0.25) is 5.91 Å². The van der Waals surface area contributed by atoms with Crippen LogP contribution in [0.3, 0.4) is 0 Å². The Morgan fingerprint density at radius 1 is 1.23 bits per heavy atom. The molecule has 7 nitrogen and oxygen atoms in total. The molecule has 1 saturated heterocycles. The van der Waals surface area contributed by atoms with Crippen molar-refractivity contribution in [3.05, 3.63) is 39.9 Å². The van der Waals surface area contributed by atoms with Gasteiger partial charge >= 0.3 is 0 Å². The number of rotatable bonds is 4. The van der Waals surface area contributed by atoms with E-state index in [1.165, 1.54) is 12.1 Å². The minimum absolute atomic E-state index is 0.0370. The number of hydrogen-bond acceptors (Lipinski definition) is 5. The second kappa shape index (κ2) is 6.85. The third-order valence-electron chi connectivity index (χ3n) is 4.27. The third-order valence-corrected chi connectivity index (χ3v) is 4.27. The molecule has 1 heterocycles. The highest BCUT2D eigenvalue weighted by atomic mass is 16.6. The summed E-state index contributed by atoms with van der Waals surface area (Å²) in [4.78, 5) is 26.7. The number of carbonyl (C=O) groups excluding carboxylic acids is 1. The Balaban J connectivity index is 2.03. The monoisotopic (exact) mass is 306 g/mol. The van der Waals surface area contributed by atoms with E-state index in [9.17, 15) is 14.9 Å². The van der Waals surface area contributed by atoms with E-state index in [-0.39, 0.29) is 17.5 Å². The van der Waals surface area contributed by atoms with Crippen LogP contribution in [0.15, 0.2) is 24.3 Å². The van der Waals surface area contributed by atoms with Crippen LogP contribution in [0.4, 0.5) is 5.69 Å². The van der Waals surface area contributed by atoms with Gasteiger partial charge in [-0.3, -0.25) is 14.9 Å². The van der Waals surface area contributed by atoms with E-state index in [0.717, 1.165) is 18.7 Å². The number of likely N-dealkylation sites (N-methyl/N-ethyl adjacent to an activating group) is 1. The van der Waals surface area contributed by atoms with Crippen molar-refractivity contribution in [2.45, 2.75) is 18.9 Å². The van der Waals surface area contributed by atoms with Gasteiger partial charge < -0.3 is 15.5 Å². The van der Waals surface area contributed by atoms with Gasteiger partial charge in [0.05, 0.1) is 11.0 Å². The highest BCUT2D eigenvalue weighted by Crippen LogP contribution is 2.22. The topological polar surface area (TPSA) is 92.7 Å². The number of hydrogen-bond donors (Lipinski definition) is 1. The molecule has 0 radical (unpaired) electrons. The second-order valence-electron chi connectivity index (χ2n) is 5.79. The second-order valence-corrected chi connectivity index (χ2v) is 5.79. The third kappa shape index (κ3) is 3.61. The number of piperazine rings is 1. The summed E-state index contributed by atoms with van der Waals surface area (Å²) in [5.41, 5.74) is 6.99. The van der Waals surface area contributed by atoms with Crippen LogP contribution in [-0.2, 0) is 4.79 Å². The van der Waals surface area contributed by atoms with E-state index < -0.39 is 11.0 Å². The fraction of sp³-hybridized carbons (Fsp3) is 0.533. The summed E-state index contributed by atoms with van der Waals surface area (Å²) in [6, 6.07) is 5.59. The molecule has 120 valence electrons. The SMILES string of the molecule is CC(c1ccc([N+](=O)[O-])cc1)C(N)C(=O)N1CCN(C)CC1. The lowest BCUT2D eigenvalue weighted by molar-refractivity contribution is -0.384. The summed E-state index contributed by atoms with van der Waals surface area (Å²) in [7, 11) is 2.03. The van der Waals surface area contributed by atoms with Crippen LogP contribution < -0.4 is 5.73 Å². The summed E-state index contributed by atoms with van der Waals surface area (Å²) >= 11 is 0. The van der Waals surface area contributed by atoms with Crippen molar-refractivity contribution in [3.63, 3.8) is 0 Å². The Labute approximate surface area is 129 Å². The maximum absolute atomic E-state index is 12.5. The van der Waals surface area contributed by atoms with Crippen molar-refractivity contribution in [1.29, 1.82) is 0 Å². The van der Waals surface area contributed by atoms with Crippen molar-refractivity contribution in [1.82, 2.24) is 9.80 Å². The Bertz CT molecular complexity index is 538. The molecule has 1 aromatic rings. The van der Waals surface area contributed by atoms with Crippen molar-refractivity contribution < 1.29 is 9.72 Å². The van der Waals surface area contributed by atoms with Crippen molar-refractivity contribution in [3.8, 4) is 0 Å². The van der Waals surface area contributed by atoms with Crippen LogP contribution >= 0.6 is 0 Å². The van der Waals surface area contributed by atoms with E-state index in [4.69, 9.17) is 5.73 Å². The van der Waals surface area contributed by atoms with E-state index in [1.807, 2.05) is 14.0 Å². The number of carbonyl (C=O) groups is 1. The molecule has 1 aromatic carbocycles. The van der Waals surface area contributed by atoms with Gasteiger partial charge in [-0.25, -0.2) is 0 Å². The minimum atomic E-state index is -0.634. The van der Waals surface area contributed by atoms with Gasteiger partial charge in [0, 0.05) is 44.2 Å². The molecule has 1 fully saturated rings. The number of non-ortho nitro benzene ring substituents is 1. The standard InChI is InChI=1S/C15H22N4O3/c1-11(12-3-5-13(6-4-12)19(21)22)14(16)15(20)18-9-7-17(2)8-10-18/h3-6,11,14H,7-10,16H2,1-2H3. The summed E-state index contributed by atoms with van der Waals surface area (Å²) in [6.45, 7) is 4.96. The first kappa shape index (κ1) is 16.4. The van der Waals surface area contributed by atoms with E-state index in [0.29, 0.717) is 13.1 Å². The van der Waals surface area contributed by atoms with Gasteiger partial charge in [0.1, 0.15) is 0 Å². The minimum Gasteiger partial charge on any atom is -0.339 e. The van der Waals surface area contributed by atoms with Crippen LogP contribution in [0.5, 0.6) is 0 Å². The zero-order valence-corrected chi connectivity index (χ0v) is 12.9. The largest absolute Gasteiger partial charge is 0.339 e. The predicted molar refractivity (Wildman–Crippen MR) is 83.6 cm³/mol. The number of nitro groups is 1. The molecule has 22 heavy (non-hydrogen) atoms. The van der Waals surface area contributed by atoms with Crippen LogP contribution in [0.1, 0.15) is 18.4 Å². The normalized spacial score (nSPS) is 18.8. The fourth-order valence-electron chi connectivity index (χ4n) is 2.56. The summed E-state index contributed by atoms with van der Waals surface area (Å²) in [5.74, 6) is -0.244. The van der Waals surface area contributed by atoms with Crippen LogP contribution in [0.2, 0.25) is 0 Å². The maximum atomic E-state index is 12.5. The van der Waals surface area contributed by atoms with E-state index >= 15 is 0 Å². The Morgan fingerprint density at radius 2 is 1.77 bits per heavy atom. The molecule has 1 aliphatic heterocycles.